The third kappa shape index (κ3) is 4.43. The van der Waals surface area contributed by atoms with Gasteiger partial charge in [0.25, 0.3) is 0 Å². The zero-order valence-electron chi connectivity index (χ0n) is 9.13. The van der Waals surface area contributed by atoms with Crippen LogP contribution in [0.5, 0.6) is 0 Å². The van der Waals surface area contributed by atoms with Crippen molar-refractivity contribution in [2.24, 2.45) is 0 Å². The molecule has 0 aromatic heterocycles. The van der Waals surface area contributed by atoms with Crippen LogP contribution in [0.1, 0.15) is 38.5 Å². The quantitative estimate of drug-likeness (QED) is 0.626. The van der Waals surface area contributed by atoms with Crippen LogP contribution in [0.15, 0.2) is 11.6 Å². The van der Waals surface area contributed by atoms with Crippen LogP contribution >= 0.6 is 0 Å². The molecular formula is C12H20N2. The van der Waals surface area contributed by atoms with E-state index in [1.54, 1.807) is 5.57 Å². The highest BCUT2D eigenvalue weighted by atomic mass is 15.1. The monoisotopic (exact) mass is 192 g/mol. The van der Waals surface area contributed by atoms with Crippen molar-refractivity contribution in [3.8, 4) is 6.07 Å². The highest BCUT2D eigenvalue weighted by Gasteiger charge is 2.04. The van der Waals surface area contributed by atoms with Gasteiger partial charge in [-0.05, 0) is 39.2 Å². The molecule has 1 rings (SSSR count). The molecule has 0 aromatic rings. The first-order chi connectivity index (χ1) is 6.83. The lowest BCUT2D eigenvalue weighted by atomic mass is 9.97. The number of allylic oxidation sites excluding steroid dienone is 1. The second-order valence-electron chi connectivity index (χ2n) is 4.07. The lowest BCUT2D eigenvalue weighted by Gasteiger charge is -2.18. The topological polar surface area (TPSA) is 27.0 Å². The molecule has 0 amide bonds. The summed E-state index contributed by atoms with van der Waals surface area (Å²) in [4.78, 5) is 2.25. The van der Waals surface area contributed by atoms with Crippen LogP contribution in [0.3, 0.4) is 0 Å². The molecule has 0 bridgehead atoms. The van der Waals surface area contributed by atoms with Crippen LogP contribution in [-0.4, -0.2) is 25.0 Å². The molecule has 0 atom stereocenters. The summed E-state index contributed by atoms with van der Waals surface area (Å²) in [5.74, 6) is 0. The number of rotatable bonds is 5. The number of nitriles is 1. The van der Waals surface area contributed by atoms with Crippen LogP contribution in [0.25, 0.3) is 0 Å². The fourth-order valence-electron chi connectivity index (χ4n) is 1.82. The molecule has 1 aliphatic rings. The zero-order valence-corrected chi connectivity index (χ0v) is 9.13. The van der Waals surface area contributed by atoms with Crippen molar-refractivity contribution in [3.63, 3.8) is 0 Å². The van der Waals surface area contributed by atoms with E-state index in [2.05, 4.69) is 24.1 Å². The average molecular weight is 192 g/mol. The molecule has 0 radical (unpaired) electrons. The lowest BCUT2D eigenvalue weighted by molar-refractivity contribution is 0.344. The average Bonchev–Trinajstić information content (AvgIpc) is 2.25. The summed E-state index contributed by atoms with van der Waals surface area (Å²) in [6.07, 6.45) is 9.56. The Morgan fingerprint density at radius 2 is 2.29 bits per heavy atom. The molecular weight excluding hydrogens is 172 g/mol. The molecule has 0 aliphatic heterocycles. The van der Waals surface area contributed by atoms with E-state index in [0.717, 1.165) is 13.1 Å². The van der Waals surface area contributed by atoms with E-state index >= 15 is 0 Å². The molecule has 0 heterocycles. The summed E-state index contributed by atoms with van der Waals surface area (Å²) in [5, 5.41) is 8.44. The van der Waals surface area contributed by atoms with Crippen LogP contribution in [-0.2, 0) is 0 Å². The van der Waals surface area contributed by atoms with Gasteiger partial charge in [-0.2, -0.15) is 5.26 Å². The molecule has 0 spiro atoms. The highest BCUT2D eigenvalue weighted by molar-refractivity contribution is 5.05. The predicted octanol–water partition coefficient (Wildman–Crippen LogP) is 2.72. The van der Waals surface area contributed by atoms with E-state index in [0.29, 0.717) is 6.42 Å². The van der Waals surface area contributed by atoms with Crippen molar-refractivity contribution >= 4 is 0 Å². The summed E-state index contributed by atoms with van der Waals surface area (Å²) in [6, 6.07) is 2.18. The third-order valence-electron chi connectivity index (χ3n) is 2.80. The van der Waals surface area contributed by atoms with Crippen molar-refractivity contribution in [2.45, 2.75) is 38.5 Å². The minimum absolute atomic E-state index is 0.648. The van der Waals surface area contributed by atoms with E-state index in [1.807, 2.05) is 0 Å². The molecule has 14 heavy (non-hydrogen) atoms. The van der Waals surface area contributed by atoms with E-state index in [4.69, 9.17) is 5.26 Å². The van der Waals surface area contributed by atoms with E-state index in [9.17, 15) is 0 Å². The summed E-state index contributed by atoms with van der Waals surface area (Å²) in [5.41, 5.74) is 1.63. The van der Waals surface area contributed by atoms with E-state index < -0.39 is 0 Å². The van der Waals surface area contributed by atoms with Gasteiger partial charge in [-0.15, -0.1) is 0 Å². The SMILES string of the molecule is CN(CCC#N)CCC1=CCCCC1. The summed E-state index contributed by atoms with van der Waals surface area (Å²) < 4.78 is 0. The van der Waals surface area contributed by atoms with Gasteiger partial charge in [0.05, 0.1) is 6.07 Å². The summed E-state index contributed by atoms with van der Waals surface area (Å²) in [7, 11) is 2.10. The normalized spacial score (nSPS) is 16.5. The molecule has 0 N–H and O–H groups in total. The van der Waals surface area contributed by atoms with Crippen molar-refractivity contribution in [1.29, 1.82) is 5.26 Å². The summed E-state index contributed by atoms with van der Waals surface area (Å²) >= 11 is 0. The van der Waals surface area contributed by atoms with Gasteiger partial charge in [-0.25, -0.2) is 0 Å². The van der Waals surface area contributed by atoms with Gasteiger partial charge in [-0.1, -0.05) is 11.6 Å². The zero-order chi connectivity index (χ0) is 10.2. The molecule has 78 valence electrons. The largest absolute Gasteiger partial charge is 0.305 e. The first-order valence-electron chi connectivity index (χ1n) is 5.56. The van der Waals surface area contributed by atoms with Gasteiger partial charge in [0, 0.05) is 19.5 Å². The maximum absolute atomic E-state index is 8.44. The molecule has 2 nitrogen and oxygen atoms in total. The molecule has 0 fully saturated rings. The molecule has 2 heteroatoms. The van der Waals surface area contributed by atoms with Gasteiger partial charge in [0.1, 0.15) is 0 Å². The molecule has 1 aliphatic carbocycles. The molecule has 0 saturated heterocycles. The lowest BCUT2D eigenvalue weighted by Crippen LogP contribution is -2.21. The fraction of sp³-hybridized carbons (Fsp3) is 0.750. The maximum Gasteiger partial charge on any atom is 0.0635 e. The minimum atomic E-state index is 0.648. The minimum Gasteiger partial charge on any atom is -0.305 e. The Morgan fingerprint density at radius 3 is 2.93 bits per heavy atom. The van der Waals surface area contributed by atoms with Crippen molar-refractivity contribution in [3.05, 3.63) is 11.6 Å². The second-order valence-corrected chi connectivity index (χ2v) is 4.07. The van der Waals surface area contributed by atoms with Crippen LogP contribution in [0, 0.1) is 11.3 Å². The van der Waals surface area contributed by atoms with Gasteiger partial charge >= 0.3 is 0 Å². The second kappa shape index (κ2) is 6.62. The number of hydrogen-bond donors (Lipinski definition) is 0. The highest BCUT2D eigenvalue weighted by Crippen LogP contribution is 2.19. The van der Waals surface area contributed by atoms with E-state index in [1.165, 1.54) is 32.1 Å². The van der Waals surface area contributed by atoms with Gasteiger partial charge in [-0.3, -0.25) is 0 Å². The Morgan fingerprint density at radius 1 is 1.43 bits per heavy atom. The summed E-state index contributed by atoms with van der Waals surface area (Å²) in [6.45, 7) is 2.01. The van der Waals surface area contributed by atoms with Crippen LogP contribution in [0.2, 0.25) is 0 Å². The molecule has 0 unspecified atom stereocenters. The first kappa shape index (κ1) is 11.3. The predicted molar refractivity (Wildman–Crippen MR) is 58.9 cm³/mol. The maximum atomic E-state index is 8.44. The first-order valence-corrected chi connectivity index (χ1v) is 5.56. The van der Waals surface area contributed by atoms with Crippen molar-refractivity contribution in [2.75, 3.05) is 20.1 Å². The smallest absolute Gasteiger partial charge is 0.0635 e. The molecule has 0 aromatic carbocycles. The van der Waals surface area contributed by atoms with Crippen LogP contribution < -0.4 is 0 Å². The number of nitrogens with zero attached hydrogens (tertiary/aromatic N) is 2. The van der Waals surface area contributed by atoms with Crippen molar-refractivity contribution < 1.29 is 0 Å². The Labute approximate surface area is 87.2 Å². The third-order valence-corrected chi connectivity index (χ3v) is 2.80. The Bertz CT molecular complexity index is 225. The Balaban J connectivity index is 2.13. The molecule has 0 saturated carbocycles. The van der Waals surface area contributed by atoms with Crippen LogP contribution in [0.4, 0.5) is 0 Å². The Kier molecular flexibility index (Phi) is 5.32. The Hall–Kier alpha value is -0.810. The standard InChI is InChI=1S/C12H20N2/c1-14(10-5-9-13)11-8-12-6-3-2-4-7-12/h6H,2-5,7-8,10-11H2,1H3. The van der Waals surface area contributed by atoms with Crippen molar-refractivity contribution in [1.82, 2.24) is 4.90 Å². The fourth-order valence-corrected chi connectivity index (χ4v) is 1.82. The number of hydrogen-bond acceptors (Lipinski definition) is 2. The van der Waals surface area contributed by atoms with Gasteiger partial charge in [0.2, 0.25) is 0 Å². The van der Waals surface area contributed by atoms with E-state index in [-0.39, 0.29) is 0 Å². The van der Waals surface area contributed by atoms with Gasteiger partial charge in [0.15, 0.2) is 0 Å². The van der Waals surface area contributed by atoms with Gasteiger partial charge < -0.3 is 4.90 Å².